The number of para-hydroxylation sites is 1. The molecule has 0 saturated heterocycles. The Hall–Kier alpha value is -2.40. The van der Waals surface area contributed by atoms with Crippen LogP contribution in [0.25, 0.3) is 16.7 Å². The lowest BCUT2D eigenvalue weighted by molar-refractivity contribution is 0.229. The maximum absolute atomic E-state index is 9.42. The highest BCUT2D eigenvalue weighted by Crippen LogP contribution is 2.42. The van der Waals surface area contributed by atoms with Gasteiger partial charge in [-0.3, -0.25) is 0 Å². The summed E-state index contributed by atoms with van der Waals surface area (Å²) in [5.74, 6) is 1.32. The molecule has 0 bridgehead atoms. The highest BCUT2D eigenvalue weighted by Gasteiger charge is 2.29. The SMILES string of the molecule is Nc1ncnc2c(C3CCC(CO)C3)cn(-c3ccccc3)c12. The Morgan fingerprint density at radius 3 is 2.74 bits per heavy atom. The third-order valence-corrected chi connectivity index (χ3v) is 4.91. The van der Waals surface area contributed by atoms with Gasteiger partial charge in [0.05, 0.1) is 5.52 Å². The minimum atomic E-state index is 0.269. The molecule has 0 amide bonds. The van der Waals surface area contributed by atoms with Gasteiger partial charge in [0.25, 0.3) is 0 Å². The summed E-state index contributed by atoms with van der Waals surface area (Å²) in [4.78, 5) is 8.68. The van der Waals surface area contributed by atoms with Crippen molar-refractivity contribution < 1.29 is 5.11 Å². The van der Waals surface area contributed by atoms with E-state index < -0.39 is 0 Å². The molecule has 0 radical (unpaired) electrons. The number of aliphatic hydroxyl groups excluding tert-OH is 1. The minimum Gasteiger partial charge on any atom is -0.396 e. The van der Waals surface area contributed by atoms with Crippen LogP contribution in [0.2, 0.25) is 0 Å². The number of nitrogens with zero attached hydrogens (tertiary/aromatic N) is 3. The maximum Gasteiger partial charge on any atom is 0.151 e. The number of nitrogens with two attached hydrogens (primary N) is 1. The summed E-state index contributed by atoms with van der Waals surface area (Å²) < 4.78 is 2.09. The van der Waals surface area contributed by atoms with Gasteiger partial charge in [-0.25, -0.2) is 9.97 Å². The van der Waals surface area contributed by atoms with E-state index in [1.54, 1.807) is 0 Å². The molecule has 2 unspecified atom stereocenters. The van der Waals surface area contributed by atoms with Gasteiger partial charge in [0.1, 0.15) is 11.8 Å². The van der Waals surface area contributed by atoms with Crippen LogP contribution >= 0.6 is 0 Å². The van der Waals surface area contributed by atoms with Gasteiger partial charge in [-0.2, -0.15) is 0 Å². The number of fused-ring (bicyclic) bond motifs is 1. The van der Waals surface area contributed by atoms with Crippen molar-refractivity contribution in [2.75, 3.05) is 12.3 Å². The second-order valence-electron chi connectivity index (χ2n) is 6.30. The zero-order valence-electron chi connectivity index (χ0n) is 12.9. The Morgan fingerprint density at radius 2 is 2.00 bits per heavy atom. The summed E-state index contributed by atoms with van der Waals surface area (Å²) in [6.07, 6.45) is 6.85. The molecule has 23 heavy (non-hydrogen) atoms. The molecule has 1 aromatic carbocycles. The molecule has 1 saturated carbocycles. The monoisotopic (exact) mass is 308 g/mol. The van der Waals surface area contributed by atoms with Crippen molar-refractivity contribution in [1.29, 1.82) is 0 Å². The first-order chi connectivity index (χ1) is 11.3. The Balaban J connectivity index is 1.88. The van der Waals surface area contributed by atoms with E-state index in [9.17, 15) is 5.11 Å². The number of nitrogen functional groups attached to an aromatic ring is 1. The predicted molar refractivity (Wildman–Crippen MR) is 90.4 cm³/mol. The van der Waals surface area contributed by atoms with Crippen LogP contribution in [0.5, 0.6) is 0 Å². The Labute approximate surface area is 134 Å². The molecule has 5 nitrogen and oxygen atoms in total. The molecular weight excluding hydrogens is 288 g/mol. The van der Waals surface area contributed by atoms with Crippen LogP contribution in [-0.4, -0.2) is 26.2 Å². The smallest absolute Gasteiger partial charge is 0.151 e. The zero-order chi connectivity index (χ0) is 15.8. The van der Waals surface area contributed by atoms with Gasteiger partial charge in [-0.1, -0.05) is 18.2 Å². The van der Waals surface area contributed by atoms with E-state index in [1.807, 2.05) is 18.2 Å². The summed E-state index contributed by atoms with van der Waals surface area (Å²) in [7, 11) is 0. The molecule has 1 aliphatic rings. The van der Waals surface area contributed by atoms with Crippen LogP contribution in [0.4, 0.5) is 5.82 Å². The molecule has 118 valence electrons. The van der Waals surface area contributed by atoms with Crippen LogP contribution < -0.4 is 5.73 Å². The van der Waals surface area contributed by atoms with Gasteiger partial charge in [-0.15, -0.1) is 0 Å². The fourth-order valence-corrected chi connectivity index (χ4v) is 3.72. The van der Waals surface area contributed by atoms with Crippen molar-refractivity contribution >= 4 is 16.9 Å². The summed E-state index contributed by atoms with van der Waals surface area (Å²) in [6.45, 7) is 0.269. The lowest BCUT2D eigenvalue weighted by Gasteiger charge is -2.08. The molecular formula is C18H20N4O. The average molecular weight is 308 g/mol. The minimum absolute atomic E-state index is 0.269. The molecule has 2 heterocycles. The molecule has 2 aromatic heterocycles. The van der Waals surface area contributed by atoms with E-state index >= 15 is 0 Å². The van der Waals surface area contributed by atoms with E-state index in [-0.39, 0.29) is 6.61 Å². The van der Waals surface area contributed by atoms with E-state index in [4.69, 9.17) is 5.73 Å². The van der Waals surface area contributed by atoms with Crippen molar-refractivity contribution in [2.45, 2.75) is 25.2 Å². The van der Waals surface area contributed by atoms with Crippen molar-refractivity contribution in [3.63, 3.8) is 0 Å². The summed E-state index contributed by atoms with van der Waals surface area (Å²) in [6, 6.07) is 10.1. The number of rotatable bonds is 3. The number of hydrogen-bond donors (Lipinski definition) is 2. The van der Waals surface area contributed by atoms with Crippen molar-refractivity contribution in [3.8, 4) is 5.69 Å². The molecule has 4 rings (SSSR count). The largest absolute Gasteiger partial charge is 0.396 e. The first kappa shape index (κ1) is 14.2. The molecule has 1 fully saturated rings. The first-order valence-electron chi connectivity index (χ1n) is 8.05. The molecule has 3 N–H and O–H groups in total. The van der Waals surface area contributed by atoms with Gasteiger partial charge >= 0.3 is 0 Å². The summed E-state index contributed by atoms with van der Waals surface area (Å²) in [5.41, 5.74) is 10.2. The van der Waals surface area contributed by atoms with Gasteiger partial charge < -0.3 is 15.4 Å². The molecule has 1 aliphatic carbocycles. The van der Waals surface area contributed by atoms with Gasteiger partial charge in [0.2, 0.25) is 0 Å². The topological polar surface area (TPSA) is 77.0 Å². The zero-order valence-corrected chi connectivity index (χ0v) is 12.9. The van der Waals surface area contributed by atoms with Crippen molar-refractivity contribution in [2.24, 2.45) is 5.92 Å². The summed E-state index contributed by atoms with van der Waals surface area (Å²) >= 11 is 0. The lowest BCUT2D eigenvalue weighted by Crippen LogP contribution is -2.00. The van der Waals surface area contributed by atoms with E-state index in [0.717, 1.165) is 36.0 Å². The number of benzene rings is 1. The third-order valence-electron chi connectivity index (χ3n) is 4.91. The lowest BCUT2D eigenvalue weighted by atomic mass is 9.98. The Bertz CT molecular complexity index is 828. The molecule has 0 spiro atoms. The van der Waals surface area contributed by atoms with E-state index in [0.29, 0.717) is 17.7 Å². The van der Waals surface area contributed by atoms with Gasteiger partial charge in [0, 0.05) is 18.5 Å². The van der Waals surface area contributed by atoms with Crippen molar-refractivity contribution in [3.05, 3.63) is 48.4 Å². The van der Waals surface area contributed by atoms with Crippen molar-refractivity contribution in [1.82, 2.24) is 14.5 Å². The van der Waals surface area contributed by atoms with E-state index in [1.165, 1.54) is 11.9 Å². The molecule has 0 aliphatic heterocycles. The molecule has 5 heteroatoms. The first-order valence-corrected chi connectivity index (χ1v) is 8.05. The van der Waals surface area contributed by atoms with Crippen LogP contribution in [0, 0.1) is 5.92 Å². The fourth-order valence-electron chi connectivity index (χ4n) is 3.72. The average Bonchev–Trinajstić information content (AvgIpc) is 3.20. The normalized spacial score (nSPS) is 21.1. The second-order valence-corrected chi connectivity index (χ2v) is 6.30. The Kier molecular flexibility index (Phi) is 3.50. The standard InChI is InChI=1S/C18H20N4O/c19-18-17-16(20-11-21-18)15(13-7-6-12(8-13)10-23)9-22(17)14-4-2-1-3-5-14/h1-5,9,11-13,23H,6-8,10H2,(H2,19,20,21). The summed E-state index contributed by atoms with van der Waals surface area (Å²) in [5, 5.41) is 9.42. The Morgan fingerprint density at radius 1 is 1.17 bits per heavy atom. The number of aliphatic hydroxyl groups is 1. The highest BCUT2D eigenvalue weighted by atomic mass is 16.3. The number of aromatic nitrogens is 3. The number of hydrogen-bond acceptors (Lipinski definition) is 4. The second kappa shape index (κ2) is 5.66. The van der Waals surface area contributed by atoms with Crippen LogP contribution in [0.15, 0.2) is 42.9 Å². The van der Waals surface area contributed by atoms with Gasteiger partial charge in [-0.05, 0) is 48.8 Å². The van der Waals surface area contributed by atoms with E-state index in [2.05, 4.69) is 32.9 Å². The quantitative estimate of drug-likeness (QED) is 0.780. The predicted octanol–water partition coefficient (Wildman–Crippen LogP) is 2.88. The fraction of sp³-hybridized carbons (Fsp3) is 0.333. The third kappa shape index (κ3) is 2.37. The number of anilines is 1. The van der Waals surface area contributed by atoms with Crippen LogP contribution in [0.3, 0.4) is 0 Å². The molecule has 2 atom stereocenters. The highest BCUT2D eigenvalue weighted by molar-refractivity contribution is 5.90. The van der Waals surface area contributed by atoms with Crippen LogP contribution in [0.1, 0.15) is 30.7 Å². The maximum atomic E-state index is 9.42. The molecule has 3 aromatic rings. The van der Waals surface area contributed by atoms with Crippen LogP contribution in [-0.2, 0) is 0 Å². The van der Waals surface area contributed by atoms with Gasteiger partial charge in [0.15, 0.2) is 5.82 Å².